The summed E-state index contributed by atoms with van der Waals surface area (Å²) in [7, 11) is 3.71. The summed E-state index contributed by atoms with van der Waals surface area (Å²) in [6, 6.07) is 3.33. The van der Waals surface area contributed by atoms with Crippen molar-refractivity contribution in [1.82, 2.24) is 20.0 Å². The molecule has 2 aromatic rings. The zero-order chi connectivity index (χ0) is 17.8. The normalized spacial score (nSPS) is 17.9. The van der Waals surface area contributed by atoms with Crippen LogP contribution in [0.2, 0.25) is 0 Å². The molecule has 0 saturated carbocycles. The Balaban J connectivity index is 1.52. The van der Waals surface area contributed by atoms with E-state index in [-0.39, 0.29) is 5.76 Å². The predicted octanol–water partition coefficient (Wildman–Crippen LogP) is 0.752. The lowest BCUT2D eigenvalue weighted by Crippen LogP contribution is -2.39. The van der Waals surface area contributed by atoms with Crippen molar-refractivity contribution in [3.8, 4) is 0 Å². The third-order valence-corrected chi connectivity index (χ3v) is 4.41. The summed E-state index contributed by atoms with van der Waals surface area (Å²) in [5, 5.41) is 7.51. The fourth-order valence-corrected chi connectivity index (χ4v) is 3.21. The number of likely N-dealkylation sites (tertiary alicyclic amines) is 1. The van der Waals surface area contributed by atoms with Gasteiger partial charge in [0, 0.05) is 33.4 Å². The maximum Gasteiger partial charge on any atom is 0.284 e. The van der Waals surface area contributed by atoms with Gasteiger partial charge in [0.05, 0.1) is 12.7 Å². The topological polar surface area (TPSA) is 102 Å². The molecular weight excluding hydrogens is 320 g/mol. The number of carbonyl (C=O) groups is 1. The molecule has 0 spiro atoms. The lowest BCUT2D eigenvalue weighted by atomic mass is 10.0. The number of nitrogens with zero attached hydrogens (tertiary/aromatic N) is 4. The molecule has 1 atom stereocenters. The molecule has 0 aliphatic carbocycles. The van der Waals surface area contributed by atoms with Crippen LogP contribution in [0.4, 0.5) is 0 Å². The Hall–Kier alpha value is -2.77. The van der Waals surface area contributed by atoms with Crippen molar-refractivity contribution in [2.45, 2.75) is 19.4 Å². The second-order valence-corrected chi connectivity index (χ2v) is 6.36. The van der Waals surface area contributed by atoms with Crippen LogP contribution in [0.5, 0.6) is 0 Å². The van der Waals surface area contributed by atoms with Crippen LogP contribution in [0.25, 0.3) is 0 Å². The minimum atomic E-state index is -0.562. The minimum absolute atomic E-state index is 0.171. The molecule has 1 saturated heterocycles. The maximum absolute atomic E-state index is 11.1. The van der Waals surface area contributed by atoms with E-state index in [4.69, 9.17) is 10.2 Å². The lowest BCUT2D eigenvalue weighted by molar-refractivity contribution is 0.0972. The fourth-order valence-electron chi connectivity index (χ4n) is 3.21. The smallest absolute Gasteiger partial charge is 0.284 e. The quantitative estimate of drug-likeness (QED) is 0.616. The van der Waals surface area contributed by atoms with Crippen LogP contribution in [0.3, 0.4) is 0 Å². The Labute approximate surface area is 146 Å². The van der Waals surface area contributed by atoms with Gasteiger partial charge in [-0.1, -0.05) is 0 Å². The monoisotopic (exact) mass is 344 g/mol. The summed E-state index contributed by atoms with van der Waals surface area (Å²) in [5.41, 5.74) is 6.47. The molecule has 134 valence electrons. The number of carbonyl (C=O) groups excluding carboxylic acids is 1. The number of nitrogens with one attached hydrogen (secondary N) is 1. The molecule has 3 rings (SSSR count). The van der Waals surface area contributed by atoms with Crippen LogP contribution in [0.1, 0.15) is 28.3 Å². The standard InChI is InChI=1S/C17H24N6O2/c1-19-17(20-9-14-3-4-15(25-14)16(18)24)23-6-5-12(11-23)7-13-8-21-22(2)10-13/h3-4,8,10,12H,5-7,9,11H2,1-2H3,(H2,18,24)(H,19,20). The maximum atomic E-state index is 11.1. The zero-order valence-corrected chi connectivity index (χ0v) is 14.6. The van der Waals surface area contributed by atoms with E-state index in [1.165, 1.54) is 5.56 Å². The van der Waals surface area contributed by atoms with Gasteiger partial charge in [-0.05, 0) is 36.5 Å². The van der Waals surface area contributed by atoms with Crippen molar-refractivity contribution in [1.29, 1.82) is 0 Å². The molecule has 3 N–H and O–H groups in total. The van der Waals surface area contributed by atoms with E-state index >= 15 is 0 Å². The number of amides is 1. The predicted molar refractivity (Wildman–Crippen MR) is 94.0 cm³/mol. The summed E-state index contributed by atoms with van der Waals surface area (Å²) in [6.45, 7) is 2.39. The van der Waals surface area contributed by atoms with Gasteiger partial charge < -0.3 is 20.4 Å². The number of hydrogen-bond donors (Lipinski definition) is 2. The van der Waals surface area contributed by atoms with Crippen molar-refractivity contribution in [2.24, 2.45) is 23.7 Å². The lowest BCUT2D eigenvalue weighted by Gasteiger charge is -2.21. The van der Waals surface area contributed by atoms with E-state index in [2.05, 4.69) is 26.5 Å². The SMILES string of the molecule is CN=C(NCc1ccc(C(N)=O)o1)N1CCC(Cc2cnn(C)c2)C1. The van der Waals surface area contributed by atoms with Crippen molar-refractivity contribution in [3.63, 3.8) is 0 Å². The summed E-state index contributed by atoms with van der Waals surface area (Å²) in [4.78, 5) is 17.7. The third kappa shape index (κ3) is 4.20. The van der Waals surface area contributed by atoms with Gasteiger partial charge in [-0.3, -0.25) is 14.5 Å². The Morgan fingerprint density at radius 3 is 3.00 bits per heavy atom. The highest BCUT2D eigenvalue weighted by atomic mass is 16.3. The van der Waals surface area contributed by atoms with Gasteiger partial charge in [0.1, 0.15) is 5.76 Å². The molecule has 0 radical (unpaired) electrons. The highest BCUT2D eigenvalue weighted by Crippen LogP contribution is 2.20. The second-order valence-electron chi connectivity index (χ2n) is 6.36. The molecule has 1 amide bonds. The summed E-state index contributed by atoms with van der Waals surface area (Å²) in [5.74, 6) is 1.69. The number of aromatic nitrogens is 2. The summed E-state index contributed by atoms with van der Waals surface area (Å²) in [6.07, 6.45) is 6.16. The molecular formula is C17H24N6O2. The van der Waals surface area contributed by atoms with Crippen molar-refractivity contribution in [3.05, 3.63) is 41.6 Å². The first-order chi connectivity index (χ1) is 12.0. The van der Waals surface area contributed by atoms with E-state index < -0.39 is 5.91 Å². The molecule has 25 heavy (non-hydrogen) atoms. The Morgan fingerprint density at radius 1 is 1.52 bits per heavy atom. The third-order valence-electron chi connectivity index (χ3n) is 4.41. The van der Waals surface area contributed by atoms with E-state index in [9.17, 15) is 4.79 Å². The van der Waals surface area contributed by atoms with Gasteiger partial charge in [-0.2, -0.15) is 5.10 Å². The molecule has 1 unspecified atom stereocenters. The first kappa shape index (κ1) is 17.1. The molecule has 1 aliphatic heterocycles. The molecule has 1 aliphatic rings. The molecule has 2 aromatic heterocycles. The Morgan fingerprint density at radius 2 is 2.36 bits per heavy atom. The van der Waals surface area contributed by atoms with Gasteiger partial charge in [-0.15, -0.1) is 0 Å². The number of furan rings is 1. The molecule has 1 fully saturated rings. The number of aliphatic imine (C=N–C) groups is 1. The summed E-state index contributed by atoms with van der Waals surface area (Å²) < 4.78 is 7.22. The first-order valence-corrected chi connectivity index (χ1v) is 8.36. The molecule has 0 aromatic carbocycles. The molecule has 8 heteroatoms. The number of guanidine groups is 1. The average molecular weight is 344 g/mol. The second kappa shape index (κ2) is 7.42. The molecule has 0 bridgehead atoms. The van der Waals surface area contributed by atoms with E-state index in [0.717, 1.165) is 31.9 Å². The minimum Gasteiger partial charge on any atom is -0.454 e. The average Bonchev–Trinajstić information content (AvgIpc) is 3.30. The number of rotatable bonds is 5. The van der Waals surface area contributed by atoms with E-state index in [1.807, 2.05) is 17.9 Å². The zero-order valence-electron chi connectivity index (χ0n) is 14.6. The van der Waals surface area contributed by atoms with Crippen molar-refractivity contribution < 1.29 is 9.21 Å². The van der Waals surface area contributed by atoms with E-state index in [0.29, 0.717) is 18.2 Å². The van der Waals surface area contributed by atoms with Gasteiger partial charge in [-0.25, -0.2) is 0 Å². The van der Waals surface area contributed by atoms with Gasteiger partial charge in [0.25, 0.3) is 5.91 Å². The Kier molecular flexibility index (Phi) is 5.06. The van der Waals surface area contributed by atoms with E-state index in [1.54, 1.807) is 19.2 Å². The van der Waals surface area contributed by atoms with Gasteiger partial charge >= 0.3 is 0 Å². The number of hydrogen-bond acceptors (Lipinski definition) is 4. The van der Waals surface area contributed by atoms with Crippen LogP contribution in [0.15, 0.2) is 33.9 Å². The largest absolute Gasteiger partial charge is 0.454 e. The fraction of sp³-hybridized carbons (Fsp3) is 0.471. The van der Waals surface area contributed by atoms with Crippen LogP contribution in [-0.2, 0) is 20.0 Å². The van der Waals surface area contributed by atoms with Crippen molar-refractivity contribution in [2.75, 3.05) is 20.1 Å². The van der Waals surface area contributed by atoms with Crippen molar-refractivity contribution >= 4 is 11.9 Å². The number of aryl methyl sites for hydroxylation is 1. The Bertz CT molecular complexity index is 763. The number of primary amides is 1. The highest BCUT2D eigenvalue weighted by Gasteiger charge is 2.25. The molecule has 8 nitrogen and oxygen atoms in total. The van der Waals surface area contributed by atoms with Crippen LogP contribution in [0, 0.1) is 5.92 Å². The van der Waals surface area contributed by atoms with Crippen LogP contribution in [-0.4, -0.2) is 46.7 Å². The number of nitrogens with two attached hydrogens (primary N) is 1. The first-order valence-electron chi connectivity index (χ1n) is 8.36. The highest BCUT2D eigenvalue weighted by molar-refractivity contribution is 5.89. The van der Waals surface area contributed by atoms with Crippen LogP contribution < -0.4 is 11.1 Å². The summed E-state index contributed by atoms with van der Waals surface area (Å²) >= 11 is 0. The molecule has 3 heterocycles. The van der Waals surface area contributed by atoms with Crippen LogP contribution >= 0.6 is 0 Å². The van der Waals surface area contributed by atoms with Gasteiger partial charge in [0.15, 0.2) is 11.7 Å². The van der Waals surface area contributed by atoms with Gasteiger partial charge in [0.2, 0.25) is 0 Å².